The molecule has 0 bridgehead atoms. The minimum atomic E-state index is 0.0115. The number of unbranched alkanes of at least 4 members (excludes halogenated alkanes) is 21. The Bertz CT molecular complexity index is 720. The fraction of sp³-hybridized carbons (Fsp3) is 0.955. The lowest BCUT2D eigenvalue weighted by atomic mass is 9.95. The van der Waals surface area contributed by atoms with Gasteiger partial charge in [-0.05, 0) is 95.6 Å². The minimum absolute atomic E-state index is 0.0115. The van der Waals surface area contributed by atoms with Crippen molar-refractivity contribution in [2.45, 2.75) is 245 Å². The first-order chi connectivity index (χ1) is 24.0. The smallest absolute Gasteiger partial charge is 0.306 e. The summed E-state index contributed by atoms with van der Waals surface area (Å²) in [7, 11) is 0. The van der Waals surface area contributed by atoms with Crippen molar-refractivity contribution in [1.29, 1.82) is 0 Å². The Hall–Kier alpha value is -1.10. The second-order valence-corrected chi connectivity index (χ2v) is 15.8. The number of nitrogens with one attached hydrogen (secondary N) is 1. The summed E-state index contributed by atoms with van der Waals surface area (Å²) in [6.07, 6.45) is 40.9. The molecule has 0 amide bonds. The molecule has 0 aromatic rings. The van der Waals surface area contributed by atoms with E-state index in [1.54, 1.807) is 0 Å². The van der Waals surface area contributed by atoms with Crippen LogP contribution in [-0.2, 0) is 19.1 Å². The van der Waals surface area contributed by atoms with Crippen molar-refractivity contribution in [1.82, 2.24) is 5.32 Å². The van der Waals surface area contributed by atoms with E-state index in [2.05, 4.69) is 26.1 Å². The highest BCUT2D eigenvalue weighted by Crippen LogP contribution is 2.52. The van der Waals surface area contributed by atoms with Gasteiger partial charge in [-0.1, -0.05) is 149 Å². The van der Waals surface area contributed by atoms with Gasteiger partial charge in [-0.15, -0.1) is 0 Å². The number of hydrogen-bond donors (Lipinski definition) is 1. The molecule has 0 atom stereocenters. The maximum atomic E-state index is 12.6. The Labute approximate surface area is 306 Å². The average molecular weight is 692 g/mol. The van der Waals surface area contributed by atoms with E-state index < -0.39 is 0 Å². The molecule has 5 nitrogen and oxygen atoms in total. The summed E-state index contributed by atoms with van der Waals surface area (Å²) >= 11 is 0. The molecule has 0 aromatic carbocycles. The van der Waals surface area contributed by atoms with Crippen LogP contribution in [0.3, 0.4) is 0 Å². The summed E-state index contributed by atoms with van der Waals surface area (Å²) < 4.78 is 11.6. The molecule has 1 aliphatic rings. The molecule has 5 heteroatoms. The van der Waals surface area contributed by atoms with E-state index >= 15 is 0 Å². The summed E-state index contributed by atoms with van der Waals surface area (Å²) in [5.74, 6) is 0.0498. The monoisotopic (exact) mass is 692 g/mol. The van der Waals surface area contributed by atoms with Crippen molar-refractivity contribution >= 4 is 11.9 Å². The van der Waals surface area contributed by atoms with Gasteiger partial charge in [0.25, 0.3) is 0 Å². The molecule has 0 aromatic heterocycles. The van der Waals surface area contributed by atoms with Gasteiger partial charge >= 0.3 is 11.9 Å². The molecular formula is C44H85NO4. The summed E-state index contributed by atoms with van der Waals surface area (Å²) in [5.41, 5.74) is 0.467. The highest BCUT2D eigenvalue weighted by Gasteiger charge is 2.41. The fourth-order valence-corrected chi connectivity index (χ4v) is 7.22. The van der Waals surface area contributed by atoms with Gasteiger partial charge in [0.2, 0.25) is 0 Å². The van der Waals surface area contributed by atoms with Crippen LogP contribution in [0.15, 0.2) is 0 Å². The molecular weight excluding hydrogens is 606 g/mol. The van der Waals surface area contributed by atoms with Crippen molar-refractivity contribution in [3.8, 4) is 0 Å². The van der Waals surface area contributed by atoms with Crippen LogP contribution in [0.4, 0.5) is 0 Å². The van der Waals surface area contributed by atoms with Crippen LogP contribution in [0, 0.1) is 5.41 Å². The Morgan fingerprint density at radius 3 is 1.45 bits per heavy atom. The lowest BCUT2D eigenvalue weighted by Crippen LogP contribution is -2.18. The standard InChI is InChI=1S/C44H85NO4/c1-4-7-10-13-16-20-25-32-42(46)48-40-37-44(35-36-44)34-27-29-39-45-38-28-22-17-21-26-33-43(47)49-41(30-23-18-14-11-8-5-2)31-24-19-15-12-9-6-3/h41,45H,4-40H2,1-3H3. The quantitative estimate of drug-likeness (QED) is 0.0513. The van der Waals surface area contributed by atoms with Gasteiger partial charge in [0.15, 0.2) is 0 Å². The van der Waals surface area contributed by atoms with Gasteiger partial charge in [0, 0.05) is 12.8 Å². The second-order valence-electron chi connectivity index (χ2n) is 15.8. The molecule has 1 rings (SSSR count). The predicted octanol–water partition coefficient (Wildman–Crippen LogP) is 13.4. The van der Waals surface area contributed by atoms with Crippen LogP contribution < -0.4 is 5.32 Å². The minimum Gasteiger partial charge on any atom is -0.466 e. The molecule has 0 heterocycles. The zero-order valence-electron chi connectivity index (χ0n) is 33.4. The molecule has 0 aliphatic heterocycles. The molecule has 49 heavy (non-hydrogen) atoms. The summed E-state index contributed by atoms with van der Waals surface area (Å²) in [4.78, 5) is 24.7. The van der Waals surface area contributed by atoms with E-state index in [0.29, 0.717) is 24.9 Å². The Kier molecular flexibility index (Phi) is 31.9. The highest BCUT2D eigenvalue weighted by molar-refractivity contribution is 5.69. The van der Waals surface area contributed by atoms with Crippen molar-refractivity contribution in [2.24, 2.45) is 5.41 Å². The SMILES string of the molecule is CCCCCCCCCC(=O)OCCC1(CCCCNCCCCCCCC(=O)OC(CCCCCCCC)CCCCCCCC)CC1. The van der Waals surface area contributed by atoms with Gasteiger partial charge in [-0.3, -0.25) is 9.59 Å². The third kappa shape index (κ3) is 30.3. The van der Waals surface area contributed by atoms with Crippen LogP contribution in [0.25, 0.3) is 0 Å². The van der Waals surface area contributed by atoms with Crippen molar-refractivity contribution in [3.05, 3.63) is 0 Å². The summed E-state index contributed by atoms with van der Waals surface area (Å²) in [6, 6.07) is 0. The van der Waals surface area contributed by atoms with Crippen LogP contribution in [0.1, 0.15) is 239 Å². The van der Waals surface area contributed by atoms with Crippen molar-refractivity contribution < 1.29 is 19.1 Å². The first-order valence-corrected chi connectivity index (χ1v) is 22.1. The zero-order chi connectivity index (χ0) is 35.5. The molecule has 1 aliphatic carbocycles. The first kappa shape index (κ1) is 45.9. The van der Waals surface area contributed by atoms with Crippen molar-refractivity contribution in [2.75, 3.05) is 19.7 Å². The largest absolute Gasteiger partial charge is 0.466 e. The van der Waals surface area contributed by atoms with Crippen LogP contribution in [-0.4, -0.2) is 37.7 Å². The predicted molar refractivity (Wildman–Crippen MR) is 210 cm³/mol. The highest BCUT2D eigenvalue weighted by atomic mass is 16.5. The fourth-order valence-electron chi connectivity index (χ4n) is 7.22. The normalized spacial score (nSPS) is 13.6. The van der Waals surface area contributed by atoms with E-state index in [1.807, 2.05) is 0 Å². The van der Waals surface area contributed by atoms with E-state index in [4.69, 9.17) is 9.47 Å². The van der Waals surface area contributed by atoms with Crippen LogP contribution in [0.5, 0.6) is 0 Å². The number of hydrogen-bond acceptors (Lipinski definition) is 5. The van der Waals surface area contributed by atoms with Gasteiger partial charge in [-0.2, -0.15) is 0 Å². The van der Waals surface area contributed by atoms with Crippen molar-refractivity contribution in [3.63, 3.8) is 0 Å². The number of rotatable bonds is 39. The number of carbonyl (C=O) groups excluding carboxylic acids is 2. The first-order valence-electron chi connectivity index (χ1n) is 22.1. The number of esters is 2. The van der Waals surface area contributed by atoms with E-state index in [1.165, 1.54) is 161 Å². The Morgan fingerprint density at radius 1 is 0.510 bits per heavy atom. The third-order valence-electron chi connectivity index (χ3n) is 10.9. The molecule has 290 valence electrons. The molecule has 0 radical (unpaired) electrons. The lowest BCUT2D eigenvalue weighted by molar-refractivity contribution is -0.150. The Balaban J connectivity index is 1.98. The maximum absolute atomic E-state index is 12.6. The Morgan fingerprint density at radius 2 is 0.939 bits per heavy atom. The van der Waals surface area contributed by atoms with Gasteiger partial charge in [0.1, 0.15) is 6.10 Å². The topological polar surface area (TPSA) is 64.6 Å². The van der Waals surface area contributed by atoms with Crippen LogP contribution in [0.2, 0.25) is 0 Å². The molecule has 0 spiro atoms. The number of ether oxygens (including phenoxy) is 2. The second kappa shape index (κ2) is 34.0. The third-order valence-corrected chi connectivity index (χ3v) is 10.9. The number of carbonyl (C=O) groups is 2. The van der Waals surface area contributed by atoms with Gasteiger partial charge in [0.05, 0.1) is 6.61 Å². The van der Waals surface area contributed by atoms with E-state index in [0.717, 1.165) is 58.0 Å². The summed E-state index contributed by atoms with van der Waals surface area (Å²) in [5, 5.41) is 3.64. The lowest BCUT2D eigenvalue weighted by Gasteiger charge is -2.18. The molecule has 0 unspecified atom stereocenters. The molecule has 1 fully saturated rings. The van der Waals surface area contributed by atoms with Gasteiger partial charge in [-0.25, -0.2) is 0 Å². The van der Waals surface area contributed by atoms with Crippen LogP contribution >= 0.6 is 0 Å². The summed E-state index contributed by atoms with van der Waals surface area (Å²) in [6.45, 7) is 9.60. The zero-order valence-corrected chi connectivity index (χ0v) is 33.4. The molecule has 1 N–H and O–H groups in total. The maximum Gasteiger partial charge on any atom is 0.306 e. The molecule has 1 saturated carbocycles. The average Bonchev–Trinajstić information content (AvgIpc) is 3.87. The van der Waals surface area contributed by atoms with E-state index in [9.17, 15) is 9.59 Å². The molecule has 0 saturated heterocycles. The van der Waals surface area contributed by atoms with E-state index in [-0.39, 0.29) is 18.0 Å². The van der Waals surface area contributed by atoms with Gasteiger partial charge < -0.3 is 14.8 Å².